The molecule has 1 aromatic carbocycles. The molecule has 0 radical (unpaired) electrons. The van der Waals surface area contributed by atoms with E-state index in [-0.39, 0.29) is 17.5 Å². The monoisotopic (exact) mass is 408 g/mol. The number of unbranched alkanes of at least 4 members (excludes halogenated alkanes) is 1. The smallest absolute Gasteiger partial charge is 0.276 e. The van der Waals surface area contributed by atoms with Gasteiger partial charge in [0.15, 0.2) is 5.11 Å². The molecule has 8 heteroatoms. The third kappa shape index (κ3) is 4.67. The van der Waals surface area contributed by atoms with Crippen molar-refractivity contribution in [2.75, 3.05) is 6.54 Å². The van der Waals surface area contributed by atoms with E-state index in [2.05, 4.69) is 12.2 Å². The fourth-order valence-corrected chi connectivity index (χ4v) is 3.03. The first-order chi connectivity index (χ1) is 13.0. The number of nitrogens with zero attached hydrogens (tertiary/aromatic N) is 1. The number of hydrogen-bond acceptors (Lipinski definition) is 4. The summed E-state index contributed by atoms with van der Waals surface area (Å²) in [5.41, 5.74) is 0.375. The molecule has 0 unspecified atom stereocenters. The van der Waals surface area contributed by atoms with Crippen LogP contribution in [0.2, 0.25) is 5.02 Å². The molecule has 3 rings (SSSR count). The molecular weight excluding hydrogens is 391 g/mol. The number of rotatable bonds is 7. The highest BCUT2D eigenvalue weighted by Crippen LogP contribution is 2.26. The number of benzene rings is 1. The van der Waals surface area contributed by atoms with E-state index in [0.29, 0.717) is 34.6 Å². The van der Waals surface area contributed by atoms with E-state index in [1.54, 1.807) is 23.1 Å². The van der Waals surface area contributed by atoms with Crippen molar-refractivity contribution in [1.82, 2.24) is 10.2 Å². The van der Waals surface area contributed by atoms with E-state index < -0.39 is 5.82 Å². The minimum absolute atomic E-state index is 0.122. The Bertz CT molecular complexity index is 897. The van der Waals surface area contributed by atoms with Crippen LogP contribution >= 0.6 is 23.8 Å². The molecule has 27 heavy (non-hydrogen) atoms. The molecule has 1 aromatic heterocycles. The zero-order valence-corrected chi connectivity index (χ0v) is 16.2. The molecule has 0 saturated carbocycles. The van der Waals surface area contributed by atoms with Crippen LogP contribution in [0.4, 0.5) is 4.39 Å². The van der Waals surface area contributed by atoms with Crippen LogP contribution in [0.15, 0.2) is 40.4 Å². The summed E-state index contributed by atoms with van der Waals surface area (Å²) in [6.07, 6.45) is 3.47. The predicted molar refractivity (Wildman–Crippen MR) is 105 cm³/mol. The van der Waals surface area contributed by atoms with E-state index in [0.717, 1.165) is 12.8 Å². The molecular formula is C19H18ClFN2O3S. The molecule has 0 aliphatic carbocycles. The summed E-state index contributed by atoms with van der Waals surface area (Å²) in [6, 6.07) is 7.36. The Kier molecular flexibility index (Phi) is 6.13. The minimum atomic E-state index is -0.432. The maximum absolute atomic E-state index is 13.1. The van der Waals surface area contributed by atoms with Gasteiger partial charge in [0.2, 0.25) is 0 Å². The number of amides is 1. The van der Waals surface area contributed by atoms with Crippen molar-refractivity contribution in [3.63, 3.8) is 0 Å². The van der Waals surface area contributed by atoms with Gasteiger partial charge in [0.1, 0.15) is 35.4 Å². The van der Waals surface area contributed by atoms with Gasteiger partial charge in [-0.25, -0.2) is 4.39 Å². The van der Waals surface area contributed by atoms with Gasteiger partial charge < -0.3 is 14.5 Å². The third-order valence-electron chi connectivity index (χ3n) is 3.93. The largest absolute Gasteiger partial charge is 0.484 e. The fourth-order valence-electron chi connectivity index (χ4n) is 2.52. The quantitative estimate of drug-likeness (QED) is 0.539. The fraction of sp³-hybridized carbons (Fsp3) is 0.263. The lowest BCUT2D eigenvalue weighted by Crippen LogP contribution is -2.31. The highest BCUT2D eigenvalue weighted by atomic mass is 35.5. The van der Waals surface area contributed by atoms with Crippen molar-refractivity contribution in [2.45, 2.75) is 26.4 Å². The zero-order chi connectivity index (χ0) is 19.4. The Labute approximate surface area is 166 Å². The maximum atomic E-state index is 13.1. The molecule has 2 heterocycles. The second-order valence-corrected chi connectivity index (χ2v) is 6.76. The van der Waals surface area contributed by atoms with Crippen LogP contribution in [0, 0.1) is 5.82 Å². The lowest BCUT2D eigenvalue weighted by Gasteiger charge is -2.12. The van der Waals surface area contributed by atoms with Gasteiger partial charge in [0, 0.05) is 12.6 Å². The van der Waals surface area contributed by atoms with E-state index in [9.17, 15) is 9.18 Å². The molecule has 0 atom stereocenters. The molecule has 1 aliphatic rings. The SMILES string of the molecule is CCCCN1C(=O)/C(=C\c2ccc(COc3ccc(F)cc3Cl)o2)NC1=S. The molecule has 2 aromatic rings. The minimum Gasteiger partial charge on any atom is -0.484 e. The van der Waals surface area contributed by atoms with Gasteiger partial charge in [-0.05, 0) is 49.0 Å². The van der Waals surface area contributed by atoms with Crippen LogP contribution in [0.25, 0.3) is 6.08 Å². The van der Waals surface area contributed by atoms with Gasteiger partial charge in [-0.15, -0.1) is 0 Å². The number of carbonyl (C=O) groups is 1. The molecule has 1 amide bonds. The molecule has 142 valence electrons. The summed E-state index contributed by atoms with van der Waals surface area (Å²) in [4.78, 5) is 14.0. The summed E-state index contributed by atoms with van der Waals surface area (Å²) in [5, 5.41) is 3.50. The summed E-state index contributed by atoms with van der Waals surface area (Å²) in [5.74, 6) is 0.798. The lowest BCUT2D eigenvalue weighted by atomic mass is 10.3. The topological polar surface area (TPSA) is 54.7 Å². The first-order valence-corrected chi connectivity index (χ1v) is 9.27. The first kappa shape index (κ1) is 19.4. The van der Waals surface area contributed by atoms with E-state index >= 15 is 0 Å². The van der Waals surface area contributed by atoms with Gasteiger partial charge in [0.25, 0.3) is 5.91 Å². The van der Waals surface area contributed by atoms with Crippen LogP contribution in [-0.2, 0) is 11.4 Å². The van der Waals surface area contributed by atoms with Crippen molar-refractivity contribution in [1.29, 1.82) is 0 Å². The Morgan fingerprint density at radius 3 is 2.93 bits per heavy atom. The second-order valence-electron chi connectivity index (χ2n) is 5.97. The first-order valence-electron chi connectivity index (χ1n) is 8.49. The van der Waals surface area contributed by atoms with Crippen LogP contribution in [0.1, 0.15) is 31.3 Å². The van der Waals surface area contributed by atoms with E-state index in [1.165, 1.54) is 18.2 Å². The van der Waals surface area contributed by atoms with Crippen molar-refractivity contribution >= 4 is 40.9 Å². The van der Waals surface area contributed by atoms with Crippen molar-refractivity contribution in [3.05, 3.63) is 58.4 Å². The normalized spacial score (nSPS) is 15.5. The highest BCUT2D eigenvalue weighted by Gasteiger charge is 2.30. The summed E-state index contributed by atoms with van der Waals surface area (Å²) >= 11 is 11.1. The maximum Gasteiger partial charge on any atom is 0.276 e. The Balaban J connectivity index is 1.64. The van der Waals surface area contributed by atoms with Crippen LogP contribution in [0.3, 0.4) is 0 Å². The standard InChI is InChI=1S/C19H18ClFN2O3S/c1-2-3-8-23-18(24)16(22-19(23)27)10-13-5-6-14(26-13)11-25-17-7-4-12(21)9-15(17)20/h4-7,9-10H,2-3,8,11H2,1H3,(H,22,27)/b16-10+. The number of carbonyl (C=O) groups excluding carboxylic acids is 1. The Hall–Kier alpha value is -2.38. The average molecular weight is 409 g/mol. The summed E-state index contributed by atoms with van der Waals surface area (Å²) in [6.45, 7) is 2.77. The van der Waals surface area contributed by atoms with Gasteiger partial charge in [0.05, 0.1) is 5.02 Å². The second kappa shape index (κ2) is 8.54. The molecule has 1 aliphatic heterocycles. The number of thiocarbonyl (C=S) groups is 1. The van der Waals surface area contributed by atoms with Crippen molar-refractivity contribution in [2.24, 2.45) is 0 Å². The van der Waals surface area contributed by atoms with E-state index in [4.69, 9.17) is 33.0 Å². The van der Waals surface area contributed by atoms with Gasteiger partial charge in [-0.1, -0.05) is 24.9 Å². The van der Waals surface area contributed by atoms with Crippen LogP contribution < -0.4 is 10.1 Å². The molecule has 1 N–H and O–H groups in total. The van der Waals surface area contributed by atoms with E-state index in [1.807, 2.05) is 0 Å². The van der Waals surface area contributed by atoms with Gasteiger partial charge >= 0.3 is 0 Å². The lowest BCUT2D eigenvalue weighted by molar-refractivity contribution is -0.122. The number of ether oxygens (including phenoxy) is 1. The van der Waals surface area contributed by atoms with Crippen molar-refractivity contribution in [3.8, 4) is 5.75 Å². The number of furan rings is 1. The molecule has 1 saturated heterocycles. The Morgan fingerprint density at radius 2 is 2.19 bits per heavy atom. The zero-order valence-electron chi connectivity index (χ0n) is 14.6. The number of nitrogens with one attached hydrogen (secondary N) is 1. The summed E-state index contributed by atoms with van der Waals surface area (Å²) < 4.78 is 24.2. The van der Waals surface area contributed by atoms with Gasteiger partial charge in [-0.2, -0.15) is 0 Å². The number of halogens is 2. The van der Waals surface area contributed by atoms with Crippen LogP contribution in [0.5, 0.6) is 5.75 Å². The average Bonchev–Trinajstić information content (AvgIpc) is 3.18. The molecule has 0 spiro atoms. The molecule has 5 nitrogen and oxygen atoms in total. The van der Waals surface area contributed by atoms with Crippen LogP contribution in [-0.4, -0.2) is 22.5 Å². The predicted octanol–water partition coefficient (Wildman–Crippen LogP) is 4.51. The summed E-state index contributed by atoms with van der Waals surface area (Å²) in [7, 11) is 0. The molecule has 1 fully saturated rings. The Morgan fingerprint density at radius 1 is 1.37 bits per heavy atom. The third-order valence-corrected chi connectivity index (χ3v) is 4.55. The highest BCUT2D eigenvalue weighted by molar-refractivity contribution is 7.80. The van der Waals surface area contributed by atoms with Crippen molar-refractivity contribution < 1.29 is 18.3 Å². The number of hydrogen-bond donors (Lipinski definition) is 1. The van der Waals surface area contributed by atoms with Gasteiger partial charge in [-0.3, -0.25) is 9.69 Å². The molecule has 0 bridgehead atoms.